The zero-order chi connectivity index (χ0) is 17.9. The van der Waals surface area contributed by atoms with E-state index in [1.807, 2.05) is 0 Å². The molecule has 0 aliphatic carbocycles. The first-order valence-electron chi connectivity index (χ1n) is 6.65. The highest BCUT2D eigenvalue weighted by atomic mass is 79.9. The molecule has 0 heterocycles. The molecule has 0 aliphatic heterocycles. The van der Waals surface area contributed by atoms with Gasteiger partial charge >= 0.3 is 0 Å². The fraction of sp³-hybridized carbons (Fsp3) is 0.133. The Kier molecular flexibility index (Phi) is 6.14. The van der Waals surface area contributed by atoms with Crippen LogP contribution < -0.4 is 9.62 Å². The zero-order valence-electron chi connectivity index (χ0n) is 12.5. The van der Waals surface area contributed by atoms with E-state index in [-0.39, 0.29) is 15.7 Å². The van der Waals surface area contributed by atoms with E-state index < -0.39 is 22.5 Å². The van der Waals surface area contributed by atoms with Crippen molar-refractivity contribution in [2.75, 3.05) is 22.4 Å². The van der Waals surface area contributed by atoms with Gasteiger partial charge in [0.25, 0.3) is 0 Å². The van der Waals surface area contributed by atoms with E-state index in [0.717, 1.165) is 15.0 Å². The Labute approximate surface area is 158 Å². The van der Waals surface area contributed by atoms with Crippen molar-refractivity contribution in [2.45, 2.75) is 0 Å². The number of carbonyl (C=O) groups is 1. The minimum absolute atomic E-state index is 0.0704. The monoisotopic (exact) mass is 450 g/mol. The number of hydrogen-bond acceptors (Lipinski definition) is 3. The van der Waals surface area contributed by atoms with E-state index in [2.05, 4.69) is 21.2 Å². The summed E-state index contributed by atoms with van der Waals surface area (Å²) in [6.07, 6.45) is 0.997. The normalized spacial score (nSPS) is 11.2. The van der Waals surface area contributed by atoms with Gasteiger partial charge in [-0.3, -0.25) is 9.10 Å². The van der Waals surface area contributed by atoms with Gasteiger partial charge in [-0.15, -0.1) is 0 Å². The topological polar surface area (TPSA) is 66.5 Å². The van der Waals surface area contributed by atoms with Gasteiger partial charge in [0.2, 0.25) is 15.9 Å². The maximum atomic E-state index is 12.2. The summed E-state index contributed by atoms with van der Waals surface area (Å²) < 4.78 is 25.9. The number of anilines is 2. The third kappa shape index (κ3) is 4.86. The van der Waals surface area contributed by atoms with Gasteiger partial charge in [-0.25, -0.2) is 8.42 Å². The Morgan fingerprint density at radius 2 is 1.79 bits per heavy atom. The number of benzene rings is 2. The summed E-state index contributed by atoms with van der Waals surface area (Å²) in [6.45, 7) is -0.422. The van der Waals surface area contributed by atoms with Gasteiger partial charge in [-0.2, -0.15) is 0 Å². The molecule has 2 aromatic rings. The van der Waals surface area contributed by atoms with Crippen molar-refractivity contribution >= 4 is 66.4 Å². The van der Waals surface area contributed by atoms with Gasteiger partial charge < -0.3 is 5.32 Å². The molecule has 0 atom stereocenters. The number of carbonyl (C=O) groups excluding carboxylic acids is 1. The molecule has 24 heavy (non-hydrogen) atoms. The number of nitrogens with one attached hydrogen (secondary N) is 1. The highest BCUT2D eigenvalue weighted by molar-refractivity contribution is 9.10. The molecular weight excluding hydrogens is 439 g/mol. The zero-order valence-corrected chi connectivity index (χ0v) is 16.4. The molecule has 5 nitrogen and oxygen atoms in total. The molecule has 0 saturated carbocycles. The van der Waals surface area contributed by atoms with Crippen molar-refractivity contribution in [2.24, 2.45) is 0 Å². The van der Waals surface area contributed by atoms with E-state index in [9.17, 15) is 13.2 Å². The maximum absolute atomic E-state index is 12.2. The van der Waals surface area contributed by atoms with Crippen molar-refractivity contribution in [3.05, 3.63) is 57.0 Å². The molecule has 1 N–H and O–H groups in total. The predicted octanol–water partition coefficient (Wildman–Crippen LogP) is 4.16. The lowest BCUT2D eigenvalue weighted by atomic mass is 10.3. The molecule has 2 rings (SSSR count). The fourth-order valence-electron chi connectivity index (χ4n) is 1.93. The van der Waals surface area contributed by atoms with Crippen molar-refractivity contribution in [1.82, 2.24) is 0 Å². The number of nitrogens with zero attached hydrogens (tertiary/aromatic N) is 1. The van der Waals surface area contributed by atoms with Gasteiger partial charge in [0.1, 0.15) is 6.54 Å². The van der Waals surface area contributed by atoms with Crippen LogP contribution in [0.25, 0.3) is 0 Å². The Morgan fingerprint density at radius 3 is 2.38 bits per heavy atom. The lowest BCUT2D eigenvalue weighted by Crippen LogP contribution is -2.37. The summed E-state index contributed by atoms with van der Waals surface area (Å²) in [5.41, 5.74) is 0.700. The van der Waals surface area contributed by atoms with Crippen molar-refractivity contribution < 1.29 is 13.2 Å². The van der Waals surface area contributed by atoms with Crippen LogP contribution in [0.1, 0.15) is 0 Å². The number of rotatable bonds is 5. The quantitative estimate of drug-likeness (QED) is 0.741. The van der Waals surface area contributed by atoms with Crippen molar-refractivity contribution in [3.63, 3.8) is 0 Å². The molecule has 0 unspecified atom stereocenters. The van der Waals surface area contributed by atoms with Gasteiger partial charge in [0.05, 0.1) is 22.0 Å². The molecule has 9 heteroatoms. The summed E-state index contributed by atoms with van der Waals surface area (Å²) in [7, 11) is -3.73. The second-order valence-corrected chi connectivity index (χ2v) is 8.51. The largest absolute Gasteiger partial charge is 0.325 e. The first-order chi connectivity index (χ1) is 11.2. The van der Waals surface area contributed by atoms with Crippen LogP contribution in [-0.4, -0.2) is 27.1 Å². The first-order valence-corrected chi connectivity index (χ1v) is 10.1. The Balaban J connectivity index is 2.25. The van der Waals surface area contributed by atoms with Gasteiger partial charge in [0.15, 0.2) is 0 Å². The number of halogens is 3. The standard InChI is InChI=1S/C15H13BrCl2N2O3S/c1-24(22,23)20(13-4-2-3-12(17)15(13)18)9-14(21)19-11-7-5-10(16)6-8-11/h2-8H,9H2,1H3,(H,19,21). The lowest BCUT2D eigenvalue weighted by molar-refractivity contribution is -0.114. The third-order valence-corrected chi connectivity index (χ3v) is 5.48. The SMILES string of the molecule is CS(=O)(=O)N(CC(=O)Nc1ccc(Br)cc1)c1cccc(Cl)c1Cl. The number of sulfonamides is 1. The molecule has 1 amide bonds. The van der Waals surface area contributed by atoms with Crippen LogP contribution in [0.4, 0.5) is 11.4 Å². The van der Waals surface area contributed by atoms with E-state index in [1.165, 1.54) is 12.1 Å². The molecule has 0 bridgehead atoms. The molecule has 0 aliphatic rings. The molecule has 128 valence electrons. The third-order valence-electron chi connectivity index (χ3n) is 3.02. The smallest absolute Gasteiger partial charge is 0.245 e. The van der Waals surface area contributed by atoms with Crippen LogP contribution in [0.5, 0.6) is 0 Å². The first kappa shape index (κ1) is 19.1. The van der Waals surface area contributed by atoms with Crippen LogP contribution in [-0.2, 0) is 14.8 Å². The second-order valence-electron chi connectivity index (χ2n) is 4.90. The second kappa shape index (κ2) is 7.74. The summed E-state index contributed by atoms with van der Waals surface area (Å²) in [4.78, 5) is 12.2. The van der Waals surface area contributed by atoms with Gasteiger partial charge in [0, 0.05) is 10.2 Å². The van der Waals surface area contributed by atoms with E-state index in [1.54, 1.807) is 30.3 Å². The lowest BCUT2D eigenvalue weighted by Gasteiger charge is -2.23. The highest BCUT2D eigenvalue weighted by Gasteiger charge is 2.23. The number of amides is 1. The van der Waals surface area contributed by atoms with Gasteiger partial charge in [-0.1, -0.05) is 45.2 Å². The minimum Gasteiger partial charge on any atom is -0.325 e. The van der Waals surface area contributed by atoms with Crippen molar-refractivity contribution in [3.8, 4) is 0 Å². The molecule has 0 spiro atoms. The molecule has 2 aromatic carbocycles. The number of hydrogen-bond donors (Lipinski definition) is 1. The predicted molar refractivity (Wildman–Crippen MR) is 101 cm³/mol. The van der Waals surface area contributed by atoms with Crippen LogP contribution in [0.3, 0.4) is 0 Å². The van der Waals surface area contributed by atoms with E-state index in [0.29, 0.717) is 5.69 Å². The summed E-state index contributed by atoms with van der Waals surface area (Å²) in [5.74, 6) is -0.501. The maximum Gasteiger partial charge on any atom is 0.245 e. The highest BCUT2D eigenvalue weighted by Crippen LogP contribution is 2.33. The van der Waals surface area contributed by atoms with Crippen LogP contribution in [0.15, 0.2) is 46.9 Å². The average Bonchev–Trinajstić information content (AvgIpc) is 2.49. The molecular formula is C15H13BrCl2N2O3S. The van der Waals surface area contributed by atoms with Crippen LogP contribution in [0.2, 0.25) is 10.0 Å². The fourth-order valence-corrected chi connectivity index (χ4v) is 3.50. The summed E-state index contributed by atoms with van der Waals surface area (Å²) >= 11 is 15.3. The van der Waals surface area contributed by atoms with Gasteiger partial charge in [-0.05, 0) is 36.4 Å². The molecule has 0 saturated heterocycles. The molecule has 0 fully saturated rings. The minimum atomic E-state index is -3.73. The van der Waals surface area contributed by atoms with Crippen LogP contribution in [0, 0.1) is 0 Å². The van der Waals surface area contributed by atoms with E-state index >= 15 is 0 Å². The summed E-state index contributed by atoms with van der Waals surface area (Å²) in [6, 6.07) is 11.5. The van der Waals surface area contributed by atoms with Crippen molar-refractivity contribution in [1.29, 1.82) is 0 Å². The molecule has 0 aromatic heterocycles. The Hall–Kier alpha value is -1.28. The average molecular weight is 452 g/mol. The summed E-state index contributed by atoms with van der Waals surface area (Å²) in [5, 5.41) is 2.91. The Bertz CT molecular complexity index is 858. The Morgan fingerprint density at radius 1 is 1.17 bits per heavy atom. The van der Waals surface area contributed by atoms with E-state index in [4.69, 9.17) is 23.2 Å². The van der Waals surface area contributed by atoms with Crippen LogP contribution >= 0.6 is 39.1 Å². The molecule has 0 radical (unpaired) electrons.